The molecule has 0 unspecified atom stereocenters. The van der Waals surface area contributed by atoms with Crippen LogP contribution >= 0.6 is 0 Å². The van der Waals surface area contributed by atoms with Gasteiger partial charge in [-0.25, -0.2) is 4.98 Å². The van der Waals surface area contributed by atoms with E-state index in [-0.39, 0.29) is 5.91 Å². The Kier molecular flexibility index (Phi) is 4.14. The Hall–Kier alpha value is -2.82. The zero-order valence-electron chi connectivity index (χ0n) is 14.4. The van der Waals surface area contributed by atoms with Gasteiger partial charge in [0.2, 0.25) is 0 Å². The summed E-state index contributed by atoms with van der Waals surface area (Å²) in [4.78, 5) is 19.1. The average Bonchev–Trinajstić information content (AvgIpc) is 3.35. The molecule has 1 atom stereocenters. The van der Waals surface area contributed by atoms with E-state index in [1.165, 1.54) is 0 Å². The Morgan fingerprint density at radius 1 is 1.20 bits per heavy atom. The molecule has 1 amide bonds. The number of aryl methyl sites for hydroxylation is 1. The Morgan fingerprint density at radius 3 is 2.76 bits per heavy atom. The van der Waals surface area contributed by atoms with Crippen LogP contribution in [0, 0.1) is 6.92 Å². The molecule has 0 radical (unpaired) electrons. The van der Waals surface area contributed by atoms with Crippen LogP contribution in [0.5, 0.6) is 0 Å². The number of carbonyl (C=O) groups excluding carboxylic acids is 1. The number of hydrogen-bond acceptors (Lipinski definition) is 2. The third-order valence-electron chi connectivity index (χ3n) is 4.97. The third-order valence-corrected chi connectivity index (χ3v) is 4.97. The molecule has 1 aromatic carbocycles. The minimum Gasteiger partial charge on any atom is -0.337 e. The molecule has 25 heavy (non-hydrogen) atoms. The van der Waals surface area contributed by atoms with E-state index < -0.39 is 0 Å². The maximum Gasteiger partial charge on any atom is 0.254 e. The Bertz CT molecular complexity index is 852. The van der Waals surface area contributed by atoms with Gasteiger partial charge in [-0.1, -0.05) is 0 Å². The maximum atomic E-state index is 13.0. The highest BCUT2D eigenvalue weighted by molar-refractivity contribution is 5.96. The number of piperidine rings is 1. The quantitative estimate of drug-likeness (QED) is 0.736. The summed E-state index contributed by atoms with van der Waals surface area (Å²) in [6, 6.07) is 10.4. The van der Waals surface area contributed by atoms with E-state index in [2.05, 4.69) is 20.2 Å². The molecule has 0 N–H and O–H groups in total. The molecule has 1 saturated heterocycles. The van der Waals surface area contributed by atoms with E-state index in [1.807, 2.05) is 61.0 Å². The summed E-state index contributed by atoms with van der Waals surface area (Å²) in [6.07, 6.45) is 11.8. The van der Waals surface area contributed by atoms with E-state index in [9.17, 15) is 4.79 Å². The van der Waals surface area contributed by atoms with Crippen molar-refractivity contribution in [2.24, 2.45) is 0 Å². The molecule has 5 heteroatoms. The number of nitrogens with zero attached hydrogens (tertiary/aromatic N) is 4. The molecule has 4 rings (SSSR count). The molecule has 0 saturated carbocycles. The molecule has 0 aliphatic carbocycles. The highest BCUT2D eigenvalue weighted by Gasteiger charge is 2.26. The zero-order valence-corrected chi connectivity index (χ0v) is 14.4. The zero-order chi connectivity index (χ0) is 17.2. The predicted molar refractivity (Wildman–Crippen MR) is 96.9 cm³/mol. The van der Waals surface area contributed by atoms with Crippen LogP contribution in [0.2, 0.25) is 0 Å². The van der Waals surface area contributed by atoms with E-state index in [0.29, 0.717) is 6.04 Å². The number of benzene rings is 1. The maximum absolute atomic E-state index is 13.0. The predicted octanol–water partition coefficient (Wildman–Crippen LogP) is 3.46. The lowest BCUT2D eigenvalue weighted by Crippen LogP contribution is -2.40. The number of hydrogen-bond donors (Lipinski definition) is 0. The summed E-state index contributed by atoms with van der Waals surface area (Å²) in [7, 11) is 0. The first-order valence-corrected chi connectivity index (χ1v) is 8.73. The molecular formula is C20H22N4O. The van der Waals surface area contributed by atoms with Crippen LogP contribution in [0.3, 0.4) is 0 Å². The minimum absolute atomic E-state index is 0.126. The normalized spacial score (nSPS) is 17.6. The van der Waals surface area contributed by atoms with Crippen molar-refractivity contribution < 1.29 is 4.79 Å². The number of aromatic nitrogens is 3. The minimum atomic E-state index is 0.126. The molecular weight excluding hydrogens is 312 g/mol. The number of rotatable bonds is 3. The van der Waals surface area contributed by atoms with Gasteiger partial charge in [-0.2, -0.15) is 0 Å². The fourth-order valence-electron chi connectivity index (χ4n) is 3.59. The summed E-state index contributed by atoms with van der Waals surface area (Å²) < 4.78 is 4.17. The summed E-state index contributed by atoms with van der Waals surface area (Å²) in [5, 5.41) is 0. The third kappa shape index (κ3) is 3.09. The lowest BCUT2D eigenvalue weighted by Gasteiger charge is -2.33. The van der Waals surface area contributed by atoms with Crippen LogP contribution in [0.4, 0.5) is 0 Å². The summed E-state index contributed by atoms with van der Waals surface area (Å²) in [5.41, 5.74) is 2.89. The second kappa shape index (κ2) is 6.59. The van der Waals surface area contributed by atoms with Gasteiger partial charge in [0.25, 0.3) is 5.91 Å². The molecule has 1 fully saturated rings. The lowest BCUT2D eigenvalue weighted by molar-refractivity contribution is 0.0678. The summed E-state index contributed by atoms with van der Waals surface area (Å²) >= 11 is 0. The van der Waals surface area contributed by atoms with Crippen molar-refractivity contribution in [3.8, 4) is 5.69 Å². The first kappa shape index (κ1) is 15.7. The van der Waals surface area contributed by atoms with Crippen LogP contribution in [0.25, 0.3) is 5.69 Å². The van der Waals surface area contributed by atoms with Gasteiger partial charge in [0, 0.05) is 49.1 Å². The van der Waals surface area contributed by atoms with Crippen molar-refractivity contribution in [2.75, 3.05) is 13.1 Å². The molecule has 0 bridgehead atoms. The number of imidazole rings is 1. The highest BCUT2D eigenvalue weighted by Crippen LogP contribution is 2.24. The van der Waals surface area contributed by atoms with Gasteiger partial charge in [0.15, 0.2) is 0 Å². The van der Waals surface area contributed by atoms with Crippen LogP contribution in [-0.4, -0.2) is 38.0 Å². The lowest BCUT2D eigenvalue weighted by atomic mass is 10.0. The van der Waals surface area contributed by atoms with Crippen LogP contribution in [0.15, 0.2) is 61.4 Å². The number of likely N-dealkylation sites (tertiary alicyclic amines) is 1. The number of amides is 1. The largest absolute Gasteiger partial charge is 0.337 e. The van der Waals surface area contributed by atoms with Crippen molar-refractivity contribution in [1.29, 1.82) is 0 Å². The van der Waals surface area contributed by atoms with Crippen molar-refractivity contribution in [2.45, 2.75) is 25.8 Å². The Morgan fingerprint density at radius 2 is 2.04 bits per heavy atom. The SMILES string of the molecule is Cc1cc(-n2cccc2)ccc1C(=O)N1CCC[C@@H](n2ccnc2)C1. The van der Waals surface area contributed by atoms with Crippen molar-refractivity contribution in [1.82, 2.24) is 19.0 Å². The highest BCUT2D eigenvalue weighted by atomic mass is 16.2. The molecule has 3 aromatic rings. The first-order valence-electron chi connectivity index (χ1n) is 8.73. The molecule has 1 aliphatic rings. The number of carbonyl (C=O) groups is 1. The van der Waals surface area contributed by atoms with E-state index >= 15 is 0 Å². The topological polar surface area (TPSA) is 43.1 Å². The van der Waals surface area contributed by atoms with Gasteiger partial charge < -0.3 is 14.0 Å². The van der Waals surface area contributed by atoms with E-state index in [0.717, 1.165) is 42.7 Å². The van der Waals surface area contributed by atoms with E-state index in [1.54, 1.807) is 6.20 Å². The second-order valence-electron chi connectivity index (χ2n) is 6.65. The monoisotopic (exact) mass is 334 g/mol. The molecule has 2 aromatic heterocycles. The van der Waals surface area contributed by atoms with Crippen molar-refractivity contribution in [3.05, 3.63) is 72.6 Å². The Balaban J connectivity index is 1.54. The molecule has 128 valence electrons. The van der Waals surface area contributed by atoms with Crippen LogP contribution in [-0.2, 0) is 0 Å². The van der Waals surface area contributed by atoms with Gasteiger partial charge in [-0.05, 0) is 55.7 Å². The fourth-order valence-corrected chi connectivity index (χ4v) is 3.59. The summed E-state index contributed by atoms with van der Waals surface area (Å²) in [5.74, 6) is 0.126. The van der Waals surface area contributed by atoms with Crippen molar-refractivity contribution in [3.63, 3.8) is 0 Å². The van der Waals surface area contributed by atoms with Crippen molar-refractivity contribution >= 4 is 5.91 Å². The first-order chi connectivity index (χ1) is 12.2. The van der Waals surface area contributed by atoms with Gasteiger partial charge in [0.1, 0.15) is 0 Å². The van der Waals surface area contributed by atoms with Gasteiger partial charge in [-0.3, -0.25) is 4.79 Å². The fraction of sp³-hybridized carbons (Fsp3) is 0.300. The van der Waals surface area contributed by atoms with Crippen LogP contribution < -0.4 is 0 Å². The summed E-state index contributed by atoms with van der Waals surface area (Å²) in [6.45, 7) is 3.58. The molecule has 0 spiro atoms. The Labute approximate surface area is 147 Å². The average molecular weight is 334 g/mol. The molecule has 1 aliphatic heterocycles. The van der Waals surface area contributed by atoms with Gasteiger partial charge in [-0.15, -0.1) is 0 Å². The smallest absolute Gasteiger partial charge is 0.254 e. The molecule has 5 nitrogen and oxygen atoms in total. The van der Waals surface area contributed by atoms with Gasteiger partial charge in [0.05, 0.1) is 12.4 Å². The molecule has 3 heterocycles. The van der Waals surface area contributed by atoms with Crippen LogP contribution in [0.1, 0.15) is 34.8 Å². The second-order valence-corrected chi connectivity index (χ2v) is 6.65. The van der Waals surface area contributed by atoms with Gasteiger partial charge >= 0.3 is 0 Å². The van der Waals surface area contributed by atoms with E-state index in [4.69, 9.17) is 0 Å². The standard InChI is InChI=1S/C20H22N4O/c1-16-13-17(22-9-2-3-10-22)6-7-19(16)20(25)23-11-4-5-18(14-23)24-12-8-21-15-24/h2-3,6-10,12-13,15,18H,4-5,11,14H2,1H3/t18-/m1/s1.